The highest BCUT2D eigenvalue weighted by atomic mass is 16.5. The summed E-state index contributed by atoms with van der Waals surface area (Å²) < 4.78 is 5.11. The lowest BCUT2D eigenvalue weighted by atomic mass is 9.73. The van der Waals surface area contributed by atoms with E-state index in [4.69, 9.17) is 10.00 Å². The molecular formula is C21H24N4O5. The highest BCUT2D eigenvalue weighted by Gasteiger charge is 2.55. The number of nitrogens with one attached hydrogen (secondary N) is 2. The second kappa shape index (κ2) is 8.53. The smallest absolute Gasteiger partial charge is 0.327 e. The number of carbonyl (C=O) groups is 4. The molecule has 3 rings (SSSR count). The van der Waals surface area contributed by atoms with E-state index < -0.39 is 42.0 Å². The van der Waals surface area contributed by atoms with Gasteiger partial charge in [-0.05, 0) is 37.8 Å². The van der Waals surface area contributed by atoms with Crippen molar-refractivity contribution < 1.29 is 23.9 Å². The average Bonchev–Trinajstić information content (AvgIpc) is 2.95. The summed E-state index contributed by atoms with van der Waals surface area (Å²) in [5.41, 5.74) is -0.384. The van der Waals surface area contributed by atoms with Crippen molar-refractivity contribution >= 4 is 29.5 Å². The quantitative estimate of drug-likeness (QED) is 0.562. The first-order valence-corrected chi connectivity index (χ1v) is 9.92. The van der Waals surface area contributed by atoms with Gasteiger partial charge in [-0.3, -0.25) is 19.3 Å². The number of anilines is 1. The minimum absolute atomic E-state index is 0.0198. The van der Waals surface area contributed by atoms with Crippen LogP contribution in [-0.2, 0) is 19.1 Å². The van der Waals surface area contributed by atoms with E-state index in [0.717, 1.165) is 24.2 Å². The summed E-state index contributed by atoms with van der Waals surface area (Å²) in [4.78, 5) is 50.7. The number of ether oxygens (including phenoxy) is 1. The van der Waals surface area contributed by atoms with Crippen LogP contribution < -0.4 is 10.6 Å². The number of rotatable bonds is 5. The predicted molar refractivity (Wildman–Crippen MR) is 106 cm³/mol. The SMILES string of the molecule is C[C@H](OC(=O)CN1C(=O)N[C@@]2(CCCC[C@H]2C)C1=O)C(=O)Nc1ccccc1C#N. The van der Waals surface area contributed by atoms with Crippen molar-refractivity contribution in [2.24, 2.45) is 5.92 Å². The lowest BCUT2D eigenvalue weighted by molar-refractivity contribution is -0.155. The van der Waals surface area contributed by atoms with E-state index in [1.165, 1.54) is 6.92 Å². The van der Waals surface area contributed by atoms with Crippen LogP contribution in [0.5, 0.6) is 0 Å². The number of hydrogen-bond acceptors (Lipinski definition) is 6. The predicted octanol–water partition coefficient (Wildman–Crippen LogP) is 1.93. The molecule has 4 amide bonds. The zero-order valence-electron chi connectivity index (χ0n) is 16.9. The van der Waals surface area contributed by atoms with E-state index in [0.29, 0.717) is 12.1 Å². The Hall–Kier alpha value is -3.41. The Morgan fingerprint density at radius 3 is 2.80 bits per heavy atom. The van der Waals surface area contributed by atoms with Gasteiger partial charge in [-0.2, -0.15) is 5.26 Å². The molecule has 9 nitrogen and oxygen atoms in total. The molecule has 1 aliphatic carbocycles. The summed E-state index contributed by atoms with van der Waals surface area (Å²) in [6.45, 7) is 2.73. The molecule has 0 aromatic heterocycles. The standard InChI is InChI=1S/C21H24N4O5/c1-13-7-5-6-10-21(13)19(28)25(20(29)24-21)12-17(26)30-14(2)18(27)23-16-9-4-3-8-15(16)11-22/h3-4,8-9,13-14H,5-7,10,12H2,1-2H3,(H,23,27)(H,24,29)/t13-,14+,21-/m1/s1. The molecule has 1 aliphatic heterocycles. The first-order chi connectivity index (χ1) is 14.3. The lowest BCUT2D eigenvalue weighted by Crippen LogP contribution is -2.54. The van der Waals surface area contributed by atoms with Gasteiger partial charge in [0, 0.05) is 0 Å². The molecule has 0 bridgehead atoms. The summed E-state index contributed by atoms with van der Waals surface area (Å²) in [5, 5.41) is 14.4. The fourth-order valence-electron chi connectivity index (χ4n) is 3.98. The van der Waals surface area contributed by atoms with Crippen LogP contribution in [0.15, 0.2) is 24.3 Å². The molecule has 1 saturated heterocycles. The van der Waals surface area contributed by atoms with Crippen molar-refractivity contribution in [1.29, 1.82) is 5.26 Å². The molecule has 1 heterocycles. The summed E-state index contributed by atoms with van der Waals surface area (Å²) >= 11 is 0. The molecule has 158 valence electrons. The molecule has 0 radical (unpaired) electrons. The fourth-order valence-corrected chi connectivity index (χ4v) is 3.98. The summed E-state index contributed by atoms with van der Waals surface area (Å²) in [5.74, 6) is -1.93. The Morgan fingerprint density at radius 1 is 1.37 bits per heavy atom. The normalized spacial score (nSPS) is 24.2. The van der Waals surface area contributed by atoms with Crippen molar-refractivity contribution in [1.82, 2.24) is 10.2 Å². The number of carbonyl (C=O) groups excluding carboxylic acids is 4. The third-order valence-corrected chi connectivity index (χ3v) is 5.77. The number of para-hydroxylation sites is 1. The number of benzene rings is 1. The van der Waals surface area contributed by atoms with E-state index in [2.05, 4.69) is 10.6 Å². The van der Waals surface area contributed by atoms with Gasteiger partial charge in [-0.15, -0.1) is 0 Å². The van der Waals surface area contributed by atoms with Crippen molar-refractivity contribution in [3.05, 3.63) is 29.8 Å². The fraction of sp³-hybridized carbons (Fsp3) is 0.476. The van der Waals surface area contributed by atoms with Gasteiger partial charge < -0.3 is 15.4 Å². The van der Waals surface area contributed by atoms with Crippen molar-refractivity contribution in [2.45, 2.75) is 51.2 Å². The molecular weight excluding hydrogens is 388 g/mol. The Kier molecular flexibility index (Phi) is 6.06. The largest absolute Gasteiger partial charge is 0.451 e. The minimum Gasteiger partial charge on any atom is -0.451 e. The van der Waals surface area contributed by atoms with E-state index in [9.17, 15) is 19.2 Å². The topological polar surface area (TPSA) is 129 Å². The monoisotopic (exact) mass is 412 g/mol. The lowest BCUT2D eigenvalue weighted by Gasteiger charge is -2.36. The molecule has 2 fully saturated rings. The van der Waals surface area contributed by atoms with Gasteiger partial charge in [0.25, 0.3) is 11.8 Å². The zero-order valence-corrected chi connectivity index (χ0v) is 16.9. The van der Waals surface area contributed by atoms with Crippen LogP contribution in [0.25, 0.3) is 0 Å². The van der Waals surface area contributed by atoms with Crippen LogP contribution in [0.4, 0.5) is 10.5 Å². The van der Waals surface area contributed by atoms with Crippen molar-refractivity contribution in [3.8, 4) is 6.07 Å². The van der Waals surface area contributed by atoms with Gasteiger partial charge in [-0.25, -0.2) is 4.79 Å². The van der Waals surface area contributed by atoms with Crippen LogP contribution in [0, 0.1) is 17.2 Å². The summed E-state index contributed by atoms with van der Waals surface area (Å²) in [7, 11) is 0. The Labute approximate surface area is 174 Å². The Bertz CT molecular complexity index is 924. The Balaban J connectivity index is 1.60. The van der Waals surface area contributed by atoms with Crippen molar-refractivity contribution in [3.63, 3.8) is 0 Å². The van der Waals surface area contributed by atoms with Crippen LogP contribution in [0.3, 0.4) is 0 Å². The molecule has 9 heteroatoms. The number of imide groups is 1. The van der Waals surface area contributed by atoms with E-state index >= 15 is 0 Å². The average molecular weight is 412 g/mol. The molecule has 1 aromatic rings. The number of hydrogen-bond donors (Lipinski definition) is 2. The number of esters is 1. The summed E-state index contributed by atoms with van der Waals surface area (Å²) in [6.07, 6.45) is 2.02. The van der Waals surface area contributed by atoms with Gasteiger partial charge >= 0.3 is 12.0 Å². The van der Waals surface area contributed by atoms with Gasteiger partial charge in [0.2, 0.25) is 0 Å². The van der Waals surface area contributed by atoms with Crippen LogP contribution in [-0.4, -0.2) is 46.9 Å². The Morgan fingerprint density at radius 2 is 2.10 bits per heavy atom. The molecule has 0 unspecified atom stereocenters. The third-order valence-electron chi connectivity index (χ3n) is 5.77. The van der Waals surface area contributed by atoms with Crippen LogP contribution >= 0.6 is 0 Å². The maximum atomic E-state index is 12.9. The number of nitrogens with zero attached hydrogens (tertiary/aromatic N) is 2. The third kappa shape index (κ3) is 3.99. The molecule has 30 heavy (non-hydrogen) atoms. The minimum atomic E-state index is -1.17. The van der Waals surface area contributed by atoms with E-state index in [1.54, 1.807) is 24.3 Å². The van der Waals surface area contributed by atoms with Gasteiger partial charge in [0.05, 0.1) is 11.3 Å². The first kappa shape index (κ1) is 21.3. The molecule has 1 aromatic carbocycles. The second-order valence-corrected chi connectivity index (χ2v) is 7.72. The molecule has 2 N–H and O–H groups in total. The van der Waals surface area contributed by atoms with Crippen molar-refractivity contribution in [2.75, 3.05) is 11.9 Å². The first-order valence-electron chi connectivity index (χ1n) is 9.92. The second-order valence-electron chi connectivity index (χ2n) is 7.72. The maximum Gasteiger partial charge on any atom is 0.327 e. The highest BCUT2D eigenvalue weighted by molar-refractivity contribution is 6.09. The molecule has 3 atom stereocenters. The zero-order chi connectivity index (χ0) is 21.9. The van der Waals surface area contributed by atoms with Gasteiger partial charge in [0.15, 0.2) is 6.10 Å². The number of urea groups is 1. The molecule has 2 aliphatic rings. The van der Waals surface area contributed by atoms with Gasteiger partial charge in [0.1, 0.15) is 18.2 Å². The maximum absolute atomic E-state index is 12.9. The number of nitriles is 1. The van der Waals surface area contributed by atoms with Crippen LogP contribution in [0.1, 0.15) is 45.1 Å². The van der Waals surface area contributed by atoms with Gasteiger partial charge in [-0.1, -0.05) is 31.9 Å². The van der Waals surface area contributed by atoms with Crippen LogP contribution in [0.2, 0.25) is 0 Å². The highest BCUT2D eigenvalue weighted by Crippen LogP contribution is 2.38. The number of amides is 4. The van der Waals surface area contributed by atoms with E-state index in [1.807, 2.05) is 13.0 Å². The molecule has 1 saturated carbocycles. The van der Waals surface area contributed by atoms with E-state index in [-0.39, 0.29) is 11.5 Å². The molecule has 1 spiro atoms. The summed E-state index contributed by atoms with van der Waals surface area (Å²) in [6, 6.07) is 7.77.